The molecule has 33 heavy (non-hydrogen) atoms. The molecule has 0 saturated heterocycles. The summed E-state index contributed by atoms with van der Waals surface area (Å²) in [6.45, 7) is 8.58. The molecular weight excluding hydrogens is 432 g/mol. The van der Waals surface area contributed by atoms with Crippen molar-refractivity contribution in [3.05, 3.63) is 59.3 Å². The molecule has 7 heteroatoms. The molecule has 1 aromatic heterocycles. The number of esters is 1. The third kappa shape index (κ3) is 5.12. The first-order chi connectivity index (χ1) is 15.8. The van der Waals surface area contributed by atoms with Gasteiger partial charge in [0, 0.05) is 5.56 Å². The van der Waals surface area contributed by atoms with Gasteiger partial charge in [0.1, 0.15) is 20.3 Å². The zero-order valence-corrected chi connectivity index (χ0v) is 21.1. The normalized spacial score (nSPS) is 10.7. The average Bonchev–Trinajstić information content (AvgIpc) is 3.26. The zero-order valence-electron chi connectivity index (χ0n) is 20.1. The highest BCUT2D eigenvalue weighted by Crippen LogP contribution is 2.40. The van der Waals surface area contributed by atoms with Crippen molar-refractivity contribution in [2.24, 2.45) is 0 Å². The minimum Gasteiger partial charge on any atom is -0.496 e. The molecule has 0 bridgehead atoms. The van der Waals surface area contributed by atoms with E-state index in [1.54, 1.807) is 25.0 Å². The van der Waals surface area contributed by atoms with Crippen LogP contribution in [0, 0.1) is 11.5 Å². The van der Waals surface area contributed by atoms with E-state index in [9.17, 15) is 4.79 Å². The molecule has 0 fully saturated rings. The summed E-state index contributed by atoms with van der Waals surface area (Å²) < 4.78 is 18.0. The Hall–Kier alpha value is -3.50. The van der Waals surface area contributed by atoms with Gasteiger partial charge in [-0.1, -0.05) is 38.9 Å². The van der Waals surface area contributed by atoms with E-state index in [2.05, 4.69) is 49.6 Å². The Morgan fingerprint density at radius 2 is 1.70 bits per heavy atom. The molecule has 2 aromatic carbocycles. The number of nitrogens with zero attached hydrogens (tertiary/aromatic N) is 2. The molecule has 3 rings (SSSR count). The highest BCUT2D eigenvalue weighted by atomic mass is 28.3. The van der Waals surface area contributed by atoms with E-state index in [1.165, 1.54) is 7.11 Å². The van der Waals surface area contributed by atoms with Gasteiger partial charge in [-0.3, -0.25) is 0 Å². The van der Waals surface area contributed by atoms with E-state index >= 15 is 0 Å². The van der Waals surface area contributed by atoms with E-state index in [-0.39, 0.29) is 11.6 Å². The number of carbonyl (C=O) groups excluding carboxylic acids is 1. The van der Waals surface area contributed by atoms with Crippen LogP contribution >= 0.6 is 0 Å². The number of methoxy groups -OCH3 is 3. The summed E-state index contributed by atoms with van der Waals surface area (Å²) in [4.78, 5) is 12.4. The van der Waals surface area contributed by atoms with Crippen molar-refractivity contribution in [2.45, 2.75) is 32.9 Å². The molecule has 171 valence electrons. The lowest BCUT2D eigenvalue weighted by atomic mass is 9.98. The van der Waals surface area contributed by atoms with Crippen molar-refractivity contribution in [2.75, 3.05) is 21.3 Å². The van der Waals surface area contributed by atoms with Crippen molar-refractivity contribution in [3.63, 3.8) is 0 Å². The van der Waals surface area contributed by atoms with E-state index < -0.39 is 14.8 Å². The first-order valence-electron chi connectivity index (χ1n) is 10.7. The molecule has 3 aromatic rings. The van der Waals surface area contributed by atoms with Gasteiger partial charge in [-0.05, 0) is 47.9 Å². The Morgan fingerprint density at radius 1 is 1.03 bits per heavy atom. The quantitative estimate of drug-likeness (QED) is 0.290. The molecule has 6 nitrogen and oxygen atoms in total. The Balaban J connectivity index is 2.32. The molecule has 0 N–H and O–H groups in total. The summed E-state index contributed by atoms with van der Waals surface area (Å²) >= 11 is 0. The van der Waals surface area contributed by atoms with Crippen LogP contribution in [0.1, 0.15) is 41.4 Å². The minimum atomic E-state index is -0.651. The fraction of sp³-hybridized carbons (Fsp3) is 0.308. The third-order valence-corrected chi connectivity index (χ3v) is 5.75. The number of carbonyl (C=O) groups is 1. The van der Waals surface area contributed by atoms with Crippen LogP contribution in [0.2, 0.25) is 13.1 Å². The summed E-state index contributed by atoms with van der Waals surface area (Å²) in [6.07, 6.45) is 0. The second-order valence-corrected chi connectivity index (χ2v) is 10.3. The van der Waals surface area contributed by atoms with Gasteiger partial charge in [0.25, 0.3) is 0 Å². The number of ether oxygens (including phenoxy) is 3. The lowest BCUT2D eigenvalue weighted by molar-refractivity contribution is 0.0593. The Labute approximate surface area is 197 Å². The highest BCUT2D eigenvalue weighted by molar-refractivity contribution is 6.64. The smallest absolute Gasteiger partial charge is 0.358 e. The predicted molar refractivity (Wildman–Crippen MR) is 132 cm³/mol. The van der Waals surface area contributed by atoms with Gasteiger partial charge >= 0.3 is 5.97 Å². The second kappa shape index (κ2) is 10.4. The van der Waals surface area contributed by atoms with Crippen LogP contribution in [0.5, 0.6) is 11.5 Å². The largest absolute Gasteiger partial charge is 0.496 e. The second-order valence-electron chi connectivity index (χ2n) is 8.03. The maximum atomic E-state index is 12.4. The fourth-order valence-electron chi connectivity index (χ4n) is 3.54. The number of rotatable bonds is 6. The van der Waals surface area contributed by atoms with Crippen LogP contribution in [0.3, 0.4) is 0 Å². The van der Waals surface area contributed by atoms with E-state index in [0.717, 1.165) is 16.8 Å². The molecule has 0 unspecified atom stereocenters. The van der Waals surface area contributed by atoms with Crippen LogP contribution in [0.15, 0.2) is 42.5 Å². The van der Waals surface area contributed by atoms with E-state index in [4.69, 9.17) is 14.2 Å². The summed E-state index contributed by atoms with van der Waals surface area (Å²) in [5, 5.41) is 4.63. The molecule has 0 atom stereocenters. The van der Waals surface area contributed by atoms with Crippen molar-refractivity contribution in [1.29, 1.82) is 0 Å². The Morgan fingerprint density at radius 3 is 2.24 bits per heavy atom. The van der Waals surface area contributed by atoms with Gasteiger partial charge in [0.15, 0.2) is 5.69 Å². The van der Waals surface area contributed by atoms with Crippen LogP contribution in [-0.4, -0.2) is 45.9 Å². The number of hydrogen-bond acceptors (Lipinski definition) is 5. The molecule has 0 saturated carbocycles. The zero-order chi connectivity index (χ0) is 24.1. The standard InChI is InChI=1S/C26H29N2O4Si/c1-17(2)19-15-18(13-14-33(6)7)11-12-21(19)28-22(16-20(27-28)26(29)32-5)25-23(30-3)9-8-10-24(25)31-4/h8-12,15-17H,1-7H3. The first kappa shape index (κ1) is 24.1. The van der Waals surface area contributed by atoms with Gasteiger partial charge in [-0.15, -0.1) is 5.54 Å². The van der Waals surface area contributed by atoms with Crippen LogP contribution in [-0.2, 0) is 4.74 Å². The van der Waals surface area contributed by atoms with E-state index in [0.29, 0.717) is 22.8 Å². The monoisotopic (exact) mass is 461 g/mol. The molecule has 0 aliphatic rings. The molecule has 0 spiro atoms. The molecule has 1 heterocycles. The Kier molecular flexibility index (Phi) is 7.62. The minimum absolute atomic E-state index is 0.197. The Bertz CT molecular complexity index is 1200. The SMILES string of the molecule is COC(=O)c1cc(-c2c(OC)cccc2OC)n(-c2ccc(C#C[Si](C)C)cc2C(C)C)n1. The predicted octanol–water partition coefficient (Wildman–Crippen LogP) is 5.11. The van der Waals surface area contributed by atoms with Crippen molar-refractivity contribution >= 4 is 14.8 Å². The molecule has 0 aliphatic heterocycles. The fourth-order valence-corrected chi connectivity index (χ4v) is 3.93. The maximum Gasteiger partial charge on any atom is 0.358 e. The summed E-state index contributed by atoms with van der Waals surface area (Å²) in [5.74, 6) is 4.20. The lowest BCUT2D eigenvalue weighted by Crippen LogP contribution is -2.08. The number of benzene rings is 2. The molecule has 1 radical (unpaired) electrons. The average molecular weight is 462 g/mol. The van der Waals surface area contributed by atoms with Gasteiger partial charge in [-0.25, -0.2) is 9.48 Å². The number of hydrogen-bond donors (Lipinski definition) is 0. The van der Waals surface area contributed by atoms with Crippen LogP contribution < -0.4 is 9.47 Å². The van der Waals surface area contributed by atoms with Crippen LogP contribution in [0.25, 0.3) is 16.9 Å². The van der Waals surface area contributed by atoms with E-state index in [1.807, 2.05) is 30.3 Å². The van der Waals surface area contributed by atoms with Gasteiger partial charge < -0.3 is 14.2 Å². The highest BCUT2D eigenvalue weighted by Gasteiger charge is 2.24. The lowest BCUT2D eigenvalue weighted by Gasteiger charge is -2.18. The number of aromatic nitrogens is 2. The third-order valence-electron chi connectivity index (χ3n) is 5.12. The summed E-state index contributed by atoms with van der Waals surface area (Å²) in [6, 6.07) is 13.3. The first-order valence-corrected chi connectivity index (χ1v) is 13.2. The van der Waals surface area contributed by atoms with Crippen molar-refractivity contribution < 1.29 is 19.0 Å². The molecule has 0 aliphatic carbocycles. The summed E-state index contributed by atoms with van der Waals surface area (Å²) in [5.41, 5.74) is 7.76. The van der Waals surface area contributed by atoms with Crippen molar-refractivity contribution in [1.82, 2.24) is 9.78 Å². The topological polar surface area (TPSA) is 62.6 Å². The van der Waals surface area contributed by atoms with Gasteiger partial charge in [-0.2, -0.15) is 5.10 Å². The van der Waals surface area contributed by atoms with Crippen molar-refractivity contribution in [3.8, 4) is 39.9 Å². The van der Waals surface area contributed by atoms with Gasteiger partial charge in [0.05, 0.1) is 38.3 Å². The molecule has 0 amide bonds. The van der Waals surface area contributed by atoms with Gasteiger partial charge in [0.2, 0.25) is 0 Å². The van der Waals surface area contributed by atoms with Crippen LogP contribution in [0.4, 0.5) is 0 Å². The maximum absolute atomic E-state index is 12.4. The summed E-state index contributed by atoms with van der Waals surface area (Å²) in [7, 11) is 3.89. The molecular formula is C26H29N2O4Si.